The summed E-state index contributed by atoms with van der Waals surface area (Å²) in [7, 11) is 0. The molecule has 0 spiro atoms. The molecule has 0 bridgehead atoms. The van der Waals surface area contributed by atoms with Crippen molar-refractivity contribution in [3.63, 3.8) is 0 Å². The highest BCUT2D eigenvalue weighted by atomic mass is 16.4. The molecule has 2 fully saturated rings. The Hall–Kier alpha value is -3.52. The summed E-state index contributed by atoms with van der Waals surface area (Å²) in [5.74, 6) is -2.17. The van der Waals surface area contributed by atoms with Crippen LogP contribution in [0, 0.1) is 5.92 Å². The van der Waals surface area contributed by atoms with Crippen molar-refractivity contribution in [2.45, 2.75) is 69.5 Å². The molecule has 38 heavy (non-hydrogen) atoms. The van der Waals surface area contributed by atoms with E-state index in [9.17, 15) is 24.3 Å². The molecule has 2 aromatic carbocycles. The maximum atomic E-state index is 13.6. The van der Waals surface area contributed by atoms with E-state index in [1.165, 1.54) is 4.90 Å². The molecular weight excluding hydrogens is 482 g/mol. The van der Waals surface area contributed by atoms with Crippen LogP contribution in [0.3, 0.4) is 0 Å². The number of aliphatic carboxylic acids is 1. The van der Waals surface area contributed by atoms with Gasteiger partial charge in [0, 0.05) is 31.3 Å². The number of carboxylic acid groups (broad SMARTS) is 1. The van der Waals surface area contributed by atoms with E-state index in [4.69, 9.17) is 0 Å². The van der Waals surface area contributed by atoms with Gasteiger partial charge < -0.3 is 20.6 Å². The molecule has 0 aromatic heterocycles. The van der Waals surface area contributed by atoms with Gasteiger partial charge in [-0.3, -0.25) is 14.4 Å². The fourth-order valence-corrected chi connectivity index (χ4v) is 5.58. The number of benzene rings is 2. The molecule has 0 saturated carbocycles. The largest absolute Gasteiger partial charge is 0.480 e. The first-order valence-electron chi connectivity index (χ1n) is 13.6. The lowest BCUT2D eigenvalue weighted by atomic mass is 9.90. The third-order valence-electron chi connectivity index (χ3n) is 7.49. The third-order valence-corrected chi connectivity index (χ3v) is 7.49. The number of rotatable bonds is 12. The molecule has 8 nitrogen and oxygen atoms in total. The van der Waals surface area contributed by atoms with E-state index in [0.717, 1.165) is 30.5 Å². The SMILES string of the molecule is O=C(C[C@@H](Cc1ccccc1)NC(=O)[C@@H]1CCCN1)C[C@@H](Cc1ccccc1)C(=O)N1CCC[C@H]1C(=O)O. The van der Waals surface area contributed by atoms with Gasteiger partial charge in [0.25, 0.3) is 0 Å². The van der Waals surface area contributed by atoms with E-state index < -0.39 is 24.0 Å². The van der Waals surface area contributed by atoms with E-state index in [2.05, 4.69) is 10.6 Å². The standard InChI is InChI=1S/C30H37N3O5/c34-25(20-24(18-22-11-5-2-6-12-22)32-28(35)26-13-7-15-31-26)19-23(17-21-9-3-1-4-10-21)29(36)33-16-8-14-27(33)30(37)38/h1-6,9-12,23-24,26-27,31H,7-8,13-20H2,(H,32,35)(H,37,38)/t23-,24-,26+,27+/m1/s1. The molecular formula is C30H37N3O5. The van der Waals surface area contributed by atoms with Crippen LogP contribution in [0.4, 0.5) is 0 Å². The molecule has 2 heterocycles. The first-order valence-corrected chi connectivity index (χ1v) is 13.6. The van der Waals surface area contributed by atoms with Crippen molar-refractivity contribution in [1.29, 1.82) is 0 Å². The molecule has 3 N–H and O–H groups in total. The number of likely N-dealkylation sites (tertiary alicyclic amines) is 1. The normalized spacial score (nSPS) is 20.6. The summed E-state index contributed by atoms with van der Waals surface area (Å²) in [4.78, 5) is 53.0. The first kappa shape index (κ1) is 27.5. The van der Waals surface area contributed by atoms with Crippen LogP contribution in [0.15, 0.2) is 60.7 Å². The molecule has 2 saturated heterocycles. The predicted molar refractivity (Wildman–Crippen MR) is 143 cm³/mol. The highest BCUT2D eigenvalue weighted by molar-refractivity contribution is 5.90. The first-order chi connectivity index (χ1) is 18.4. The van der Waals surface area contributed by atoms with Crippen LogP contribution in [0.5, 0.6) is 0 Å². The summed E-state index contributed by atoms with van der Waals surface area (Å²) < 4.78 is 0. The zero-order valence-electron chi connectivity index (χ0n) is 21.7. The molecule has 2 aliphatic heterocycles. The highest BCUT2D eigenvalue weighted by Crippen LogP contribution is 2.24. The second kappa shape index (κ2) is 13.3. The number of carboxylic acids is 1. The summed E-state index contributed by atoms with van der Waals surface area (Å²) in [6, 6.07) is 17.7. The smallest absolute Gasteiger partial charge is 0.326 e. The molecule has 8 heteroatoms. The van der Waals surface area contributed by atoms with E-state index >= 15 is 0 Å². The number of hydrogen-bond acceptors (Lipinski definition) is 5. The molecule has 2 amide bonds. The number of hydrogen-bond donors (Lipinski definition) is 3. The Kier molecular flexibility index (Phi) is 9.65. The molecule has 0 unspecified atom stereocenters. The fourth-order valence-electron chi connectivity index (χ4n) is 5.58. The van der Waals surface area contributed by atoms with Crippen LogP contribution < -0.4 is 10.6 Å². The number of ketones is 1. The Bertz CT molecular complexity index is 1100. The zero-order valence-corrected chi connectivity index (χ0v) is 21.7. The summed E-state index contributed by atoms with van der Waals surface area (Å²) in [5.41, 5.74) is 1.94. The molecule has 4 atom stereocenters. The van der Waals surface area contributed by atoms with Gasteiger partial charge in [0.2, 0.25) is 11.8 Å². The molecule has 0 radical (unpaired) electrons. The van der Waals surface area contributed by atoms with Gasteiger partial charge >= 0.3 is 5.97 Å². The van der Waals surface area contributed by atoms with Crippen molar-refractivity contribution in [1.82, 2.24) is 15.5 Å². The van der Waals surface area contributed by atoms with Gasteiger partial charge in [0.05, 0.1) is 6.04 Å². The van der Waals surface area contributed by atoms with Gasteiger partial charge in [-0.2, -0.15) is 0 Å². The quantitative estimate of drug-likeness (QED) is 0.397. The van der Waals surface area contributed by atoms with Crippen molar-refractivity contribution in [2.24, 2.45) is 5.92 Å². The van der Waals surface area contributed by atoms with Gasteiger partial charge in [-0.1, -0.05) is 60.7 Å². The number of Topliss-reactive ketones (excluding diaryl/α,β-unsaturated/α-hetero) is 1. The second-order valence-corrected chi connectivity index (χ2v) is 10.4. The van der Waals surface area contributed by atoms with Gasteiger partial charge in [0.1, 0.15) is 11.8 Å². The average Bonchev–Trinajstić information content (AvgIpc) is 3.62. The Morgan fingerprint density at radius 3 is 2.16 bits per heavy atom. The van der Waals surface area contributed by atoms with Crippen LogP contribution in [-0.2, 0) is 32.0 Å². The lowest BCUT2D eigenvalue weighted by Crippen LogP contribution is -2.47. The third kappa shape index (κ3) is 7.51. The summed E-state index contributed by atoms with van der Waals surface area (Å²) in [6.45, 7) is 1.19. The fraction of sp³-hybridized carbons (Fsp3) is 0.467. The van der Waals surface area contributed by atoms with E-state index in [0.29, 0.717) is 32.2 Å². The molecule has 4 rings (SSSR count). The number of carbonyl (C=O) groups is 4. The van der Waals surface area contributed by atoms with Crippen molar-refractivity contribution < 1.29 is 24.3 Å². The molecule has 2 aromatic rings. The van der Waals surface area contributed by atoms with Crippen molar-refractivity contribution in [3.8, 4) is 0 Å². The van der Waals surface area contributed by atoms with Gasteiger partial charge in [0.15, 0.2) is 0 Å². The summed E-state index contributed by atoms with van der Waals surface area (Å²) >= 11 is 0. The van der Waals surface area contributed by atoms with Gasteiger partial charge in [-0.25, -0.2) is 4.79 Å². The van der Waals surface area contributed by atoms with Gasteiger partial charge in [-0.05, 0) is 56.2 Å². The minimum Gasteiger partial charge on any atom is -0.480 e. The minimum absolute atomic E-state index is 0.000590. The number of amides is 2. The Morgan fingerprint density at radius 2 is 1.55 bits per heavy atom. The highest BCUT2D eigenvalue weighted by Gasteiger charge is 2.38. The Labute approximate surface area is 223 Å². The molecule has 0 aliphatic carbocycles. The average molecular weight is 520 g/mol. The van der Waals surface area contributed by atoms with Crippen LogP contribution in [0.1, 0.15) is 49.7 Å². The van der Waals surface area contributed by atoms with Gasteiger partial charge in [-0.15, -0.1) is 0 Å². The minimum atomic E-state index is -1.01. The Morgan fingerprint density at radius 1 is 0.895 bits per heavy atom. The monoisotopic (exact) mass is 519 g/mol. The maximum Gasteiger partial charge on any atom is 0.326 e. The Balaban J connectivity index is 1.48. The lowest BCUT2D eigenvalue weighted by Gasteiger charge is -2.27. The number of nitrogens with one attached hydrogen (secondary N) is 2. The number of nitrogens with zero attached hydrogens (tertiary/aromatic N) is 1. The van der Waals surface area contributed by atoms with Crippen LogP contribution in [-0.4, -0.2) is 64.8 Å². The van der Waals surface area contributed by atoms with Crippen LogP contribution in [0.2, 0.25) is 0 Å². The second-order valence-electron chi connectivity index (χ2n) is 10.4. The lowest BCUT2D eigenvalue weighted by molar-refractivity contribution is -0.150. The van der Waals surface area contributed by atoms with E-state index in [1.807, 2.05) is 60.7 Å². The van der Waals surface area contributed by atoms with E-state index in [-0.39, 0.29) is 36.5 Å². The summed E-state index contributed by atoms with van der Waals surface area (Å²) in [6.07, 6.45) is 3.74. The van der Waals surface area contributed by atoms with Crippen LogP contribution in [0.25, 0.3) is 0 Å². The predicted octanol–water partition coefficient (Wildman–Crippen LogP) is 2.75. The molecule has 2 aliphatic rings. The maximum absolute atomic E-state index is 13.6. The van der Waals surface area contributed by atoms with Crippen molar-refractivity contribution in [2.75, 3.05) is 13.1 Å². The van der Waals surface area contributed by atoms with Crippen molar-refractivity contribution >= 4 is 23.6 Å². The number of carbonyl (C=O) groups excluding carboxylic acids is 3. The van der Waals surface area contributed by atoms with E-state index in [1.54, 1.807) is 0 Å². The summed E-state index contributed by atoms with van der Waals surface area (Å²) in [5, 5.41) is 15.9. The zero-order chi connectivity index (χ0) is 26.9. The topological polar surface area (TPSA) is 116 Å². The molecule has 202 valence electrons. The van der Waals surface area contributed by atoms with Crippen molar-refractivity contribution in [3.05, 3.63) is 71.8 Å². The van der Waals surface area contributed by atoms with Crippen LogP contribution >= 0.6 is 0 Å².